The summed E-state index contributed by atoms with van der Waals surface area (Å²) in [6.45, 7) is 11.7. The van der Waals surface area contributed by atoms with Crippen LogP contribution in [0.25, 0.3) is 11.3 Å². The molecule has 2 amide bonds. The van der Waals surface area contributed by atoms with Gasteiger partial charge in [-0.15, -0.1) is 11.3 Å². The van der Waals surface area contributed by atoms with Crippen LogP contribution in [-0.4, -0.2) is 116 Å². The third-order valence-corrected chi connectivity index (χ3v) is 9.02. The number of nitrogens with one attached hydrogen (secondary N) is 1. The Hall–Kier alpha value is -2.90. The van der Waals surface area contributed by atoms with Crippen molar-refractivity contribution in [3.8, 4) is 11.3 Å². The molecule has 0 unspecified atom stereocenters. The van der Waals surface area contributed by atoms with E-state index in [1.807, 2.05) is 38.3 Å². The number of anilines is 1. The molecule has 3 aliphatic rings. The molecule has 228 valence electrons. The van der Waals surface area contributed by atoms with E-state index in [4.69, 9.17) is 20.2 Å². The molecule has 1 aromatic carbocycles. The highest BCUT2D eigenvalue weighted by Gasteiger charge is 2.52. The fourth-order valence-corrected chi connectivity index (χ4v) is 6.78. The Labute approximate surface area is 251 Å². The van der Waals surface area contributed by atoms with E-state index in [9.17, 15) is 14.4 Å². The molecule has 5 rings (SSSR count). The molecule has 11 nitrogen and oxygen atoms in total. The Kier molecular flexibility index (Phi) is 9.28. The van der Waals surface area contributed by atoms with Gasteiger partial charge in [0.15, 0.2) is 10.9 Å². The first-order valence-corrected chi connectivity index (χ1v) is 15.5. The maximum absolute atomic E-state index is 13.7. The number of amides is 2. The molecule has 42 heavy (non-hydrogen) atoms. The molecule has 0 saturated carbocycles. The second-order valence-electron chi connectivity index (χ2n) is 12.5. The lowest BCUT2D eigenvalue weighted by molar-refractivity contribution is -0.138. The normalized spacial score (nSPS) is 23.7. The van der Waals surface area contributed by atoms with Crippen molar-refractivity contribution in [2.24, 2.45) is 11.1 Å². The number of benzene rings is 1. The Morgan fingerprint density at radius 3 is 2.57 bits per heavy atom. The summed E-state index contributed by atoms with van der Waals surface area (Å²) in [6, 6.07) is 5.37. The van der Waals surface area contributed by atoms with Crippen molar-refractivity contribution >= 4 is 34.1 Å². The number of aromatic nitrogens is 1. The Morgan fingerprint density at radius 1 is 1.19 bits per heavy atom. The number of hydrogen-bond acceptors (Lipinski definition) is 10. The number of likely N-dealkylation sites (tertiary alicyclic amines) is 1. The van der Waals surface area contributed by atoms with Crippen molar-refractivity contribution in [2.75, 3.05) is 64.5 Å². The van der Waals surface area contributed by atoms with E-state index >= 15 is 0 Å². The molecule has 3 N–H and O–H groups in total. The number of nitrogens with two attached hydrogens (primary N) is 1. The monoisotopic (exact) mass is 598 g/mol. The van der Waals surface area contributed by atoms with Gasteiger partial charge in [-0.25, -0.2) is 4.98 Å². The van der Waals surface area contributed by atoms with Gasteiger partial charge in [0.1, 0.15) is 24.8 Å². The van der Waals surface area contributed by atoms with Crippen LogP contribution in [0.5, 0.6) is 0 Å². The fourth-order valence-electron chi connectivity index (χ4n) is 5.89. The van der Waals surface area contributed by atoms with Crippen LogP contribution in [-0.2, 0) is 19.1 Å². The molecule has 3 aliphatic heterocycles. The highest BCUT2D eigenvalue weighted by Crippen LogP contribution is 2.30. The number of piperazine rings is 1. The topological polar surface area (TPSA) is 130 Å². The molecule has 12 heteroatoms. The number of methoxy groups -OCH3 is 1. The summed E-state index contributed by atoms with van der Waals surface area (Å²) in [5, 5.41) is 5.98. The van der Waals surface area contributed by atoms with Gasteiger partial charge in [-0.1, -0.05) is 32.9 Å². The van der Waals surface area contributed by atoms with Gasteiger partial charge in [0.2, 0.25) is 5.91 Å². The first kappa shape index (κ1) is 30.6. The largest absolute Gasteiger partial charge is 0.383 e. The van der Waals surface area contributed by atoms with Crippen molar-refractivity contribution in [1.29, 1.82) is 0 Å². The van der Waals surface area contributed by atoms with Crippen LogP contribution in [0, 0.1) is 5.41 Å². The van der Waals surface area contributed by atoms with E-state index in [1.54, 1.807) is 30.6 Å². The average Bonchev–Trinajstić information content (AvgIpc) is 3.69. The zero-order valence-corrected chi connectivity index (χ0v) is 25.7. The number of fused-ring (bicyclic) bond motifs is 1. The van der Waals surface area contributed by atoms with Crippen LogP contribution < -0.4 is 16.0 Å². The van der Waals surface area contributed by atoms with E-state index in [1.165, 1.54) is 4.90 Å². The van der Waals surface area contributed by atoms with Gasteiger partial charge in [-0.05, 0) is 24.0 Å². The first-order valence-electron chi connectivity index (χ1n) is 14.6. The summed E-state index contributed by atoms with van der Waals surface area (Å²) in [4.78, 5) is 50.6. The van der Waals surface area contributed by atoms with Gasteiger partial charge < -0.3 is 30.3 Å². The molecule has 1 aromatic heterocycles. The fraction of sp³-hybridized carbons (Fsp3) is 0.600. The van der Waals surface area contributed by atoms with Crippen molar-refractivity contribution < 1.29 is 23.9 Å². The summed E-state index contributed by atoms with van der Waals surface area (Å²) >= 11 is 1.62. The van der Waals surface area contributed by atoms with Gasteiger partial charge in [-0.2, -0.15) is 0 Å². The molecule has 4 heterocycles. The molecular formula is C30H42N6O5S. The molecule has 4 atom stereocenters. The van der Waals surface area contributed by atoms with Crippen molar-refractivity contribution in [1.82, 2.24) is 20.1 Å². The van der Waals surface area contributed by atoms with Gasteiger partial charge in [-0.3, -0.25) is 19.3 Å². The zero-order chi connectivity index (χ0) is 30.0. The summed E-state index contributed by atoms with van der Waals surface area (Å²) in [5.74, 6) is -0.790. The third kappa shape index (κ3) is 6.84. The Balaban J connectivity index is 1.23. The lowest BCUT2D eigenvalue weighted by Gasteiger charge is -2.34. The second-order valence-corrected chi connectivity index (χ2v) is 13.4. The maximum Gasteiger partial charge on any atom is 0.251 e. The molecule has 3 saturated heterocycles. The third-order valence-electron chi connectivity index (χ3n) is 8.12. The van der Waals surface area contributed by atoms with Gasteiger partial charge in [0.25, 0.3) is 5.91 Å². The maximum atomic E-state index is 13.7. The highest BCUT2D eigenvalue weighted by atomic mass is 32.1. The van der Waals surface area contributed by atoms with Crippen molar-refractivity contribution in [3.63, 3.8) is 0 Å². The van der Waals surface area contributed by atoms with Gasteiger partial charge >= 0.3 is 0 Å². The smallest absolute Gasteiger partial charge is 0.251 e. The summed E-state index contributed by atoms with van der Waals surface area (Å²) in [5.41, 5.74) is 8.18. The van der Waals surface area contributed by atoms with Crippen molar-refractivity contribution in [3.05, 3.63) is 35.2 Å². The molecule has 0 radical (unpaired) electrons. The van der Waals surface area contributed by atoms with Gasteiger partial charge in [0, 0.05) is 62.9 Å². The van der Waals surface area contributed by atoms with E-state index in [0.29, 0.717) is 12.0 Å². The molecule has 0 spiro atoms. The summed E-state index contributed by atoms with van der Waals surface area (Å²) < 4.78 is 10.7. The minimum absolute atomic E-state index is 0.0402. The lowest BCUT2D eigenvalue weighted by Crippen LogP contribution is -2.53. The predicted octanol–water partition coefficient (Wildman–Crippen LogP) is 1.62. The average molecular weight is 599 g/mol. The number of ether oxygens (including phenoxy) is 2. The standard InChI is InChI=1S/C30H42N6O5S/c1-30(2,3)15-22(28(39)36-16-21(31)26-25(36)24(37)17-41-26)32-27(38)20-7-5-19(6-8-20)23-18-42-29(33-23)35-11-9-34(10-12-35)13-14-40-4/h5-8,18,21-22,25-26H,9-17,31H2,1-4H3,(H,32,38)/t21-,22-,25+,26-/m0/s1. The number of carbonyl (C=O) groups is 3. The van der Waals surface area contributed by atoms with Crippen LogP contribution in [0.2, 0.25) is 0 Å². The molecular weight excluding hydrogens is 556 g/mol. The quantitative estimate of drug-likeness (QED) is 0.442. The van der Waals surface area contributed by atoms with Crippen LogP contribution in [0.3, 0.4) is 0 Å². The number of hydrogen-bond donors (Lipinski definition) is 2. The number of nitrogens with zero attached hydrogens (tertiary/aromatic N) is 4. The van der Waals surface area contributed by atoms with E-state index in [-0.39, 0.29) is 36.2 Å². The molecule has 3 fully saturated rings. The van der Waals surface area contributed by atoms with Crippen molar-refractivity contribution in [2.45, 2.75) is 51.4 Å². The Bertz CT molecular complexity index is 1270. The number of Topliss-reactive ketones (excluding diaryl/α,β-unsaturated/α-hetero) is 1. The number of carbonyl (C=O) groups excluding carboxylic acids is 3. The summed E-state index contributed by atoms with van der Waals surface area (Å²) in [7, 11) is 1.73. The minimum Gasteiger partial charge on any atom is -0.383 e. The highest BCUT2D eigenvalue weighted by molar-refractivity contribution is 7.14. The number of ketones is 1. The SMILES string of the molecule is COCCN1CCN(c2nc(-c3ccc(C(=O)N[C@@H](CC(C)(C)C)C(=O)N4C[C@H](N)[C@@H]5OCC(=O)[C@H]54)cc3)cs2)CC1. The van der Waals surface area contributed by atoms with Gasteiger partial charge in [0.05, 0.1) is 18.3 Å². The lowest BCUT2D eigenvalue weighted by atomic mass is 9.87. The van der Waals surface area contributed by atoms with E-state index < -0.39 is 24.2 Å². The molecule has 0 bridgehead atoms. The van der Waals surface area contributed by atoms with E-state index in [0.717, 1.165) is 55.7 Å². The Morgan fingerprint density at radius 2 is 1.90 bits per heavy atom. The zero-order valence-electron chi connectivity index (χ0n) is 24.9. The van der Waals surface area contributed by atoms with Crippen LogP contribution in [0.1, 0.15) is 37.6 Å². The molecule has 2 aromatic rings. The van der Waals surface area contributed by atoms with Crippen LogP contribution in [0.15, 0.2) is 29.6 Å². The van der Waals surface area contributed by atoms with E-state index in [2.05, 4.69) is 15.1 Å². The molecule has 0 aliphatic carbocycles. The minimum atomic E-state index is -0.799. The van der Waals surface area contributed by atoms with Crippen LogP contribution >= 0.6 is 11.3 Å². The first-order chi connectivity index (χ1) is 20.0. The number of rotatable bonds is 9. The predicted molar refractivity (Wildman–Crippen MR) is 162 cm³/mol. The summed E-state index contributed by atoms with van der Waals surface area (Å²) in [6.07, 6.45) is -0.0764. The number of thiazole rings is 1. The van der Waals surface area contributed by atoms with Crippen LogP contribution in [0.4, 0.5) is 5.13 Å². The second kappa shape index (κ2) is 12.8.